The SMILES string of the molecule is NC1(c2ccc(-c3c(C4=CCNCC4)nc4n3-c3cccnc3Nc3ccccc3-4)cc2)CCC1. The maximum Gasteiger partial charge on any atom is 0.154 e. The second kappa shape index (κ2) is 7.90. The average Bonchev–Trinajstić information content (AvgIpc) is 3.22. The molecule has 7 rings (SSSR count). The number of aromatic nitrogens is 3. The Hall–Kier alpha value is -3.74. The minimum atomic E-state index is -0.174. The summed E-state index contributed by atoms with van der Waals surface area (Å²) < 4.78 is 2.29. The summed E-state index contributed by atoms with van der Waals surface area (Å²) in [5, 5.41) is 6.98. The number of nitrogens with two attached hydrogens (primary N) is 1. The second-order valence-corrected chi connectivity index (χ2v) is 9.78. The lowest BCUT2D eigenvalue weighted by Crippen LogP contribution is -2.43. The van der Waals surface area contributed by atoms with E-state index in [0.29, 0.717) is 0 Å². The van der Waals surface area contributed by atoms with Gasteiger partial charge in [0, 0.05) is 29.4 Å². The molecular weight excluding hydrogens is 432 g/mol. The highest BCUT2D eigenvalue weighted by molar-refractivity contribution is 5.89. The summed E-state index contributed by atoms with van der Waals surface area (Å²) in [6.07, 6.45) is 8.38. The Morgan fingerprint density at radius 1 is 0.971 bits per heavy atom. The molecule has 0 spiro atoms. The Kier molecular flexibility index (Phi) is 4.65. The lowest BCUT2D eigenvalue weighted by Gasteiger charge is -2.38. The molecule has 2 aliphatic heterocycles. The van der Waals surface area contributed by atoms with Gasteiger partial charge in [-0.1, -0.05) is 42.5 Å². The molecule has 1 fully saturated rings. The van der Waals surface area contributed by atoms with E-state index in [0.717, 1.165) is 77.9 Å². The first-order valence-corrected chi connectivity index (χ1v) is 12.5. The van der Waals surface area contributed by atoms with E-state index in [1.165, 1.54) is 17.6 Å². The molecular formula is C29H28N6. The van der Waals surface area contributed by atoms with E-state index in [1.54, 1.807) is 0 Å². The van der Waals surface area contributed by atoms with Gasteiger partial charge in [-0.3, -0.25) is 4.57 Å². The summed E-state index contributed by atoms with van der Waals surface area (Å²) in [4.78, 5) is 10.0. The van der Waals surface area contributed by atoms with Gasteiger partial charge in [-0.25, -0.2) is 9.97 Å². The lowest BCUT2D eigenvalue weighted by atomic mass is 9.72. The monoisotopic (exact) mass is 460 g/mol. The Balaban J connectivity index is 1.51. The fraction of sp³-hybridized carbons (Fsp3) is 0.241. The first-order chi connectivity index (χ1) is 17.2. The Bertz CT molecular complexity index is 1460. The molecule has 0 saturated heterocycles. The van der Waals surface area contributed by atoms with Crippen LogP contribution < -0.4 is 16.4 Å². The van der Waals surface area contributed by atoms with E-state index in [9.17, 15) is 0 Å². The Labute approximate surface area is 204 Å². The van der Waals surface area contributed by atoms with Crippen molar-refractivity contribution in [3.63, 3.8) is 0 Å². The fourth-order valence-corrected chi connectivity index (χ4v) is 5.56. The van der Waals surface area contributed by atoms with Crippen LogP contribution in [0.25, 0.3) is 33.9 Å². The van der Waals surface area contributed by atoms with Crippen molar-refractivity contribution in [2.45, 2.75) is 31.2 Å². The van der Waals surface area contributed by atoms with Crippen LogP contribution in [0.2, 0.25) is 0 Å². The van der Waals surface area contributed by atoms with Gasteiger partial charge in [-0.15, -0.1) is 0 Å². The van der Waals surface area contributed by atoms with Crippen molar-refractivity contribution in [3.05, 3.63) is 84.2 Å². The maximum absolute atomic E-state index is 6.64. The zero-order valence-corrected chi connectivity index (χ0v) is 19.6. The van der Waals surface area contributed by atoms with E-state index >= 15 is 0 Å². The van der Waals surface area contributed by atoms with Gasteiger partial charge >= 0.3 is 0 Å². The van der Waals surface area contributed by atoms with Gasteiger partial charge < -0.3 is 16.4 Å². The molecule has 35 heavy (non-hydrogen) atoms. The zero-order chi connectivity index (χ0) is 23.4. The van der Waals surface area contributed by atoms with Gasteiger partial charge in [-0.05, 0) is 67.6 Å². The van der Waals surface area contributed by atoms with Crippen LogP contribution in [0, 0.1) is 0 Å². The molecule has 4 N–H and O–H groups in total. The van der Waals surface area contributed by atoms with Gasteiger partial charge in [0.05, 0.1) is 22.8 Å². The molecule has 6 nitrogen and oxygen atoms in total. The summed E-state index contributed by atoms with van der Waals surface area (Å²) in [6.45, 7) is 1.82. The van der Waals surface area contributed by atoms with Crippen LogP contribution in [0.5, 0.6) is 0 Å². The molecule has 2 aromatic carbocycles. The van der Waals surface area contributed by atoms with Gasteiger partial charge in [0.15, 0.2) is 5.82 Å². The summed E-state index contributed by atoms with van der Waals surface area (Å²) in [6, 6.07) is 21.3. The molecule has 6 heteroatoms. The van der Waals surface area contributed by atoms with Crippen LogP contribution in [0.3, 0.4) is 0 Å². The van der Waals surface area contributed by atoms with E-state index < -0.39 is 0 Å². The Morgan fingerprint density at radius 2 is 1.83 bits per heavy atom. The summed E-state index contributed by atoms with van der Waals surface area (Å²) in [5.41, 5.74) is 15.3. The molecule has 0 amide bonds. The summed E-state index contributed by atoms with van der Waals surface area (Å²) >= 11 is 0. The molecule has 4 aromatic rings. The van der Waals surface area contributed by atoms with Crippen molar-refractivity contribution < 1.29 is 0 Å². The predicted molar refractivity (Wildman–Crippen MR) is 141 cm³/mol. The number of anilines is 2. The van der Waals surface area contributed by atoms with Crippen LogP contribution in [-0.4, -0.2) is 27.6 Å². The first-order valence-electron chi connectivity index (χ1n) is 12.5. The van der Waals surface area contributed by atoms with E-state index in [-0.39, 0.29) is 5.54 Å². The van der Waals surface area contributed by atoms with Crippen molar-refractivity contribution in [1.29, 1.82) is 0 Å². The molecule has 3 aliphatic rings. The molecule has 0 unspecified atom stereocenters. The molecule has 0 radical (unpaired) electrons. The summed E-state index contributed by atoms with van der Waals surface area (Å²) in [7, 11) is 0. The maximum atomic E-state index is 6.64. The van der Waals surface area contributed by atoms with Crippen molar-refractivity contribution in [2.75, 3.05) is 18.4 Å². The number of fused-ring (bicyclic) bond motifs is 5. The highest BCUT2D eigenvalue weighted by Crippen LogP contribution is 2.44. The smallest absolute Gasteiger partial charge is 0.154 e. The van der Waals surface area contributed by atoms with Gasteiger partial charge in [0.1, 0.15) is 5.82 Å². The number of pyridine rings is 1. The quantitative estimate of drug-likeness (QED) is 0.337. The van der Waals surface area contributed by atoms with Crippen LogP contribution in [0.4, 0.5) is 11.5 Å². The minimum Gasteiger partial charge on any atom is -0.338 e. The average molecular weight is 461 g/mol. The number of nitrogens with zero attached hydrogens (tertiary/aromatic N) is 3. The number of para-hydroxylation sites is 1. The van der Waals surface area contributed by atoms with Crippen molar-refractivity contribution in [1.82, 2.24) is 19.9 Å². The minimum absolute atomic E-state index is 0.174. The standard InChI is InChI=1S/C29H28N6/c30-29(14-4-15-29)21-10-8-20(9-11-21)26-25(19-12-17-31-18-13-19)34-28-22-5-1-2-6-23(22)33-27-24(35(26)28)7-3-16-32-27/h1-3,5-12,16,31H,4,13-15,17-18,30H2,(H,32,33). The van der Waals surface area contributed by atoms with Crippen LogP contribution >= 0.6 is 0 Å². The number of nitrogens with one attached hydrogen (secondary N) is 2. The Morgan fingerprint density at radius 3 is 2.60 bits per heavy atom. The highest BCUT2D eigenvalue weighted by Gasteiger charge is 2.34. The van der Waals surface area contributed by atoms with Gasteiger partial charge in [0.25, 0.3) is 0 Å². The number of rotatable bonds is 3. The van der Waals surface area contributed by atoms with Crippen molar-refractivity contribution in [2.24, 2.45) is 5.73 Å². The number of imidazole rings is 1. The second-order valence-electron chi connectivity index (χ2n) is 9.78. The third-order valence-corrected chi connectivity index (χ3v) is 7.67. The molecule has 4 heterocycles. The molecule has 1 aliphatic carbocycles. The third-order valence-electron chi connectivity index (χ3n) is 7.67. The fourth-order valence-electron chi connectivity index (χ4n) is 5.56. The molecule has 2 aromatic heterocycles. The van der Waals surface area contributed by atoms with Crippen LogP contribution in [0.1, 0.15) is 36.9 Å². The predicted octanol–water partition coefficient (Wildman–Crippen LogP) is 5.37. The highest BCUT2D eigenvalue weighted by atomic mass is 15.2. The third kappa shape index (κ3) is 3.25. The number of benzene rings is 2. The van der Waals surface area contributed by atoms with Gasteiger partial charge in [-0.2, -0.15) is 0 Å². The first kappa shape index (κ1) is 20.6. The number of hydrogen-bond donors (Lipinski definition) is 3. The van der Waals surface area contributed by atoms with Crippen molar-refractivity contribution in [3.8, 4) is 28.3 Å². The molecule has 0 atom stereocenters. The largest absolute Gasteiger partial charge is 0.338 e. The molecule has 1 saturated carbocycles. The normalized spacial score (nSPS) is 17.7. The lowest BCUT2D eigenvalue weighted by molar-refractivity contribution is 0.253. The van der Waals surface area contributed by atoms with E-state index in [4.69, 9.17) is 15.7 Å². The summed E-state index contributed by atoms with van der Waals surface area (Å²) in [5.74, 6) is 1.76. The number of hydrogen-bond acceptors (Lipinski definition) is 5. The molecule has 0 bridgehead atoms. The van der Waals surface area contributed by atoms with Crippen LogP contribution in [-0.2, 0) is 5.54 Å². The van der Waals surface area contributed by atoms with Gasteiger partial charge in [0.2, 0.25) is 0 Å². The van der Waals surface area contributed by atoms with E-state index in [1.807, 2.05) is 18.3 Å². The molecule has 174 valence electrons. The van der Waals surface area contributed by atoms with E-state index in [2.05, 4.69) is 69.8 Å². The van der Waals surface area contributed by atoms with Crippen molar-refractivity contribution >= 4 is 17.1 Å². The topological polar surface area (TPSA) is 80.8 Å². The van der Waals surface area contributed by atoms with Crippen LogP contribution in [0.15, 0.2) is 72.9 Å². The zero-order valence-electron chi connectivity index (χ0n) is 19.6.